The molecule has 3 rings (SSSR count). The van der Waals surface area contributed by atoms with Crippen molar-refractivity contribution < 1.29 is 24.2 Å². The molecule has 1 aromatic rings. The van der Waals surface area contributed by atoms with Gasteiger partial charge in [-0.2, -0.15) is 0 Å². The zero-order valence-corrected chi connectivity index (χ0v) is 23.0. The number of nitrogens with one attached hydrogen (secondary N) is 1. The van der Waals surface area contributed by atoms with Gasteiger partial charge in [-0.05, 0) is 46.1 Å². The van der Waals surface area contributed by atoms with E-state index in [1.165, 1.54) is 0 Å². The molecule has 1 amide bonds. The Bertz CT molecular complexity index is 924. The highest BCUT2D eigenvalue weighted by Crippen LogP contribution is 2.42. The van der Waals surface area contributed by atoms with Crippen LogP contribution in [0.15, 0.2) is 11.5 Å². The molecule has 5 atom stereocenters. The molecule has 7 nitrogen and oxygen atoms in total. The third kappa shape index (κ3) is 8.33. The maximum atomic E-state index is 12.8. The number of hydrogen-bond acceptors (Lipinski definition) is 7. The summed E-state index contributed by atoms with van der Waals surface area (Å²) in [4.78, 5) is 41.6. The Balaban J connectivity index is 0.000000402. The third-order valence-electron chi connectivity index (χ3n) is 7.16. The summed E-state index contributed by atoms with van der Waals surface area (Å²) in [6.07, 6.45) is 5.14. The summed E-state index contributed by atoms with van der Waals surface area (Å²) in [6.45, 7) is 13.5. The van der Waals surface area contributed by atoms with Crippen LogP contribution in [0.1, 0.15) is 84.3 Å². The Labute approximate surface area is 213 Å². The number of carbonyl (C=O) groups is 3. The maximum absolute atomic E-state index is 12.8. The Hall–Kier alpha value is -1.90. The minimum atomic E-state index is -1.06. The number of carbonyl (C=O) groups excluding carboxylic acids is 3. The molecule has 2 N–H and O–H groups in total. The molecule has 0 aromatic carbocycles. The number of aromatic nitrogens is 1. The fourth-order valence-corrected chi connectivity index (χ4v) is 5.11. The van der Waals surface area contributed by atoms with E-state index in [9.17, 15) is 19.5 Å². The quantitative estimate of drug-likeness (QED) is 0.543. The molecule has 196 valence electrons. The van der Waals surface area contributed by atoms with Gasteiger partial charge in [0.05, 0.1) is 40.3 Å². The monoisotopic (exact) mass is 506 g/mol. The molecule has 5 unspecified atom stereocenters. The Morgan fingerprint density at radius 3 is 2.49 bits per heavy atom. The second kappa shape index (κ2) is 12.4. The number of aliphatic hydroxyl groups is 1. The Kier molecular flexibility index (Phi) is 10.4. The summed E-state index contributed by atoms with van der Waals surface area (Å²) in [7, 11) is 0. The standard InChI is InChI=1S/C20H33NO5.C7H9NS/c1-12-10-13(2)18(25)19(3,4)15(23)11-17(24)21-9-7-16-20(5,26-16)8-6-14(12)22;1-3-4-7-5-9-6(2)8-7/h12-13,15-16,23H,6-11H2,1-5H3,(H,21,24);3-5H,1-2H3/b;4-3-. The third-order valence-corrected chi connectivity index (χ3v) is 7.95. The number of allylic oxidation sites excluding steroid dienone is 1. The molecule has 2 fully saturated rings. The van der Waals surface area contributed by atoms with Crippen LogP contribution in [0.3, 0.4) is 0 Å². The van der Waals surface area contributed by atoms with Gasteiger partial charge in [0.15, 0.2) is 0 Å². The highest BCUT2D eigenvalue weighted by Gasteiger charge is 2.51. The minimum absolute atomic E-state index is 0.0562. The fourth-order valence-electron chi connectivity index (χ4n) is 4.53. The first-order valence-corrected chi connectivity index (χ1v) is 13.4. The van der Waals surface area contributed by atoms with Gasteiger partial charge in [-0.15, -0.1) is 11.3 Å². The number of nitrogens with zero attached hydrogens (tertiary/aromatic N) is 1. The van der Waals surface area contributed by atoms with Crippen molar-refractivity contribution in [1.82, 2.24) is 10.3 Å². The largest absolute Gasteiger partial charge is 0.392 e. The van der Waals surface area contributed by atoms with Crippen molar-refractivity contribution in [1.29, 1.82) is 0 Å². The lowest BCUT2D eigenvalue weighted by Gasteiger charge is -2.32. The Morgan fingerprint density at radius 2 is 1.89 bits per heavy atom. The van der Waals surface area contributed by atoms with Crippen LogP contribution < -0.4 is 5.32 Å². The number of Topliss-reactive ketones (excluding diaryl/α,β-unsaturated/α-hetero) is 2. The lowest BCUT2D eigenvalue weighted by Crippen LogP contribution is -2.43. The molecular weight excluding hydrogens is 464 g/mol. The number of ether oxygens (including phenoxy) is 1. The summed E-state index contributed by atoms with van der Waals surface area (Å²) < 4.78 is 5.73. The van der Waals surface area contributed by atoms with Crippen LogP contribution in [0.5, 0.6) is 0 Å². The van der Waals surface area contributed by atoms with Gasteiger partial charge in [-0.3, -0.25) is 14.4 Å². The number of aliphatic hydroxyl groups excluding tert-OH is 1. The second-order valence-electron chi connectivity index (χ2n) is 10.7. The van der Waals surface area contributed by atoms with E-state index in [0.717, 1.165) is 10.7 Å². The predicted molar refractivity (Wildman–Crippen MR) is 139 cm³/mol. The van der Waals surface area contributed by atoms with E-state index in [-0.39, 0.29) is 47.4 Å². The summed E-state index contributed by atoms with van der Waals surface area (Å²) in [5, 5.41) is 16.4. The normalized spacial score (nSPS) is 32.4. The average molecular weight is 507 g/mol. The number of fused-ring (bicyclic) bond motifs is 1. The molecule has 35 heavy (non-hydrogen) atoms. The van der Waals surface area contributed by atoms with Crippen molar-refractivity contribution in [2.75, 3.05) is 6.54 Å². The molecule has 0 spiro atoms. The van der Waals surface area contributed by atoms with Gasteiger partial charge in [-0.25, -0.2) is 4.98 Å². The minimum Gasteiger partial charge on any atom is -0.392 e. The summed E-state index contributed by atoms with van der Waals surface area (Å²) in [5.74, 6) is -0.779. The molecule has 2 saturated heterocycles. The molecular formula is C27H42N2O5S. The van der Waals surface area contributed by atoms with E-state index < -0.39 is 11.5 Å². The summed E-state index contributed by atoms with van der Waals surface area (Å²) >= 11 is 1.68. The van der Waals surface area contributed by atoms with E-state index in [2.05, 4.69) is 15.7 Å². The number of ketones is 2. The fraction of sp³-hybridized carbons (Fsp3) is 0.704. The molecule has 1 aromatic heterocycles. The Morgan fingerprint density at radius 1 is 1.20 bits per heavy atom. The van der Waals surface area contributed by atoms with E-state index in [4.69, 9.17) is 4.74 Å². The first kappa shape index (κ1) is 29.3. The number of amides is 1. The molecule has 0 aliphatic carbocycles. The lowest BCUT2D eigenvalue weighted by atomic mass is 9.73. The van der Waals surface area contributed by atoms with E-state index in [0.29, 0.717) is 32.2 Å². The van der Waals surface area contributed by atoms with Gasteiger partial charge in [-0.1, -0.05) is 33.8 Å². The molecule has 0 saturated carbocycles. The number of hydrogen-bond donors (Lipinski definition) is 2. The van der Waals surface area contributed by atoms with Crippen molar-refractivity contribution in [3.63, 3.8) is 0 Å². The number of aryl methyl sites for hydroxylation is 1. The smallest absolute Gasteiger partial charge is 0.222 e. The number of thiazole rings is 1. The van der Waals surface area contributed by atoms with Crippen LogP contribution in [0.25, 0.3) is 6.08 Å². The van der Waals surface area contributed by atoms with Gasteiger partial charge < -0.3 is 15.2 Å². The second-order valence-corrected chi connectivity index (χ2v) is 11.7. The summed E-state index contributed by atoms with van der Waals surface area (Å²) in [5.41, 5.74) is -0.255. The van der Waals surface area contributed by atoms with Crippen molar-refractivity contribution in [3.8, 4) is 0 Å². The highest BCUT2D eigenvalue weighted by atomic mass is 32.1. The molecule has 2 aliphatic heterocycles. The van der Waals surface area contributed by atoms with E-state index in [1.54, 1.807) is 32.1 Å². The first-order valence-electron chi connectivity index (χ1n) is 12.5. The molecule has 8 heteroatoms. The van der Waals surface area contributed by atoms with Crippen LogP contribution >= 0.6 is 11.3 Å². The SMILES string of the molecule is C/C=C\c1csc(C)n1.CC1CC(C)C(=O)C(C)(C)C(O)CC(=O)NCCC2OC2(C)CCC1=O. The highest BCUT2D eigenvalue weighted by molar-refractivity contribution is 7.09. The first-order chi connectivity index (χ1) is 16.3. The van der Waals surface area contributed by atoms with Gasteiger partial charge in [0.2, 0.25) is 5.91 Å². The lowest BCUT2D eigenvalue weighted by molar-refractivity contribution is -0.139. The maximum Gasteiger partial charge on any atom is 0.222 e. The molecule has 0 bridgehead atoms. The predicted octanol–water partition coefficient (Wildman–Crippen LogP) is 4.51. The van der Waals surface area contributed by atoms with Crippen molar-refractivity contribution in [2.24, 2.45) is 17.3 Å². The van der Waals surface area contributed by atoms with Crippen LogP contribution in [0, 0.1) is 24.2 Å². The molecule has 0 radical (unpaired) electrons. The summed E-state index contributed by atoms with van der Waals surface area (Å²) in [6, 6.07) is 0. The van der Waals surface area contributed by atoms with Crippen LogP contribution in [0.2, 0.25) is 0 Å². The van der Waals surface area contributed by atoms with Crippen molar-refractivity contribution >= 4 is 34.9 Å². The van der Waals surface area contributed by atoms with Crippen molar-refractivity contribution in [3.05, 3.63) is 22.2 Å². The van der Waals surface area contributed by atoms with Gasteiger partial charge in [0.25, 0.3) is 0 Å². The molecule has 3 heterocycles. The zero-order valence-electron chi connectivity index (χ0n) is 22.2. The molecule has 2 aliphatic rings. The van der Waals surface area contributed by atoms with E-state index >= 15 is 0 Å². The van der Waals surface area contributed by atoms with Crippen molar-refractivity contribution in [2.45, 2.75) is 98.4 Å². The average Bonchev–Trinajstić information content (AvgIpc) is 3.24. The van der Waals surface area contributed by atoms with Gasteiger partial charge in [0, 0.05) is 30.2 Å². The van der Waals surface area contributed by atoms with Gasteiger partial charge >= 0.3 is 0 Å². The topological polar surface area (TPSA) is 109 Å². The zero-order chi connectivity index (χ0) is 26.4. The van der Waals surface area contributed by atoms with E-state index in [1.807, 2.05) is 39.8 Å². The number of rotatable bonds is 1. The van der Waals surface area contributed by atoms with Crippen LogP contribution in [-0.2, 0) is 19.1 Å². The van der Waals surface area contributed by atoms with Gasteiger partial charge in [0.1, 0.15) is 11.6 Å². The van der Waals surface area contributed by atoms with Crippen LogP contribution in [0.4, 0.5) is 0 Å². The number of epoxide rings is 1. The van der Waals surface area contributed by atoms with Crippen LogP contribution in [-0.4, -0.2) is 51.9 Å².